The first-order chi connectivity index (χ1) is 16.8. The van der Waals surface area contributed by atoms with Crippen LogP contribution in [0.25, 0.3) is 0 Å². The standard InChI is InChI=1S/C25H26N4O4S2/c1-2-28-13-12-19-21(15-28)34-25(22(19)23(26)30)27-24(31)17-7-9-18(10-8-17)35(32,33)29-14-11-16-5-3-4-6-20(16)29/h3-10H,2,11-15H2,1H3,(H2,26,30)(H,27,31). The molecular formula is C25H26N4O4S2. The maximum absolute atomic E-state index is 13.2. The number of nitrogens with one attached hydrogen (secondary N) is 1. The van der Waals surface area contributed by atoms with E-state index < -0.39 is 21.8 Å². The maximum Gasteiger partial charge on any atom is 0.264 e. The van der Waals surface area contributed by atoms with E-state index in [-0.39, 0.29) is 4.90 Å². The summed E-state index contributed by atoms with van der Waals surface area (Å²) in [6.45, 7) is 4.94. The molecule has 35 heavy (non-hydrogen) atoms. The van der Waals surface area contributed by atoms with E-state index in [4.69, 9.17) is 5.73 Å². The lowest BCUT2D eigenvalue weighted by atomic mass is 10.0. The Labute approximate surface area is 208 Å². The number of primary amides is 1. The summed E-state index contributed by atoms with van der Waals surface area (Å²) in [5.74, 6) is -0.982. The fraction of sp³-hybridized carbons (Fsp3) is 0.280. The highest BCUT2D eigenvalue weighted by molar-refractivity contribution is 7.92. The Balaban J connectivity index is 1.37. The second-order valence-corrected chi connectivity index (χ2v) is 11.6. The van der Waals surface area contributed by atoms with Gasteiger partial charge < -0.3 is 11.1 Å². The number of para-hydroxylation sites is 1. The number of hydrogen-bond acceptors (Lipinski definition) is 6. The predicted molar refractivity (Wildman–Crippen MR) is 137 cm³/mol. The van der Waals surface area contributed by atoms with Crippen molar-refractivity contribution in [2.45, 2.75) is 31.2 Å². The number of fused-ring (bicyclic) bond motifs is 2. The van der Waals surface area contributed by atoms with Gasteiger partial charge in [0.1, 0.15) is 5.00 Å². The number of amides is 2. The zero-order chi connectivity index (χ0) is 24.7. The summed E-state index contributed by atoms with van der Waals surface area (Å²) in [7, 11) is -3.74. The topological polar surface area (TPSA) is 113 Å². The van der Waals surface area contributed by atoms with Crippen LogP contribution in [0, 0.1) is 0 Å². The van der Waals surface area contributed by atoms with Crippen molar-refractivity contribution in [3.8, 4) is 0 Å². The average Bonchev–Trinajstić information content (AvgIpc) is 3.45. The van der Waals surface area contributed by atoms with Crippen molar-refractivity contribution >= 4 is 43.9 Å². The molecule has 0 bridgehead atoms. The molecule has 0 saturated carbocycles. The molecular weight excluding hydrogens is 484 g/mol. The monoisotopic (exact) mass is 510 g/mol. The van der Waals surface area contributed by atoms with Gasteiger partial charge in [-0.05, 0) is 60.8 Å². The van der Waals surface area contributed by atoms with E-state index in [1.807, 2.05) is 18.2 Å². The van der Waals surface area contributed by atoms with E-state index in [2.05, 4.69) is 17.1 Å². The first-order valence-corrected chi connectivity index (χ1v) is 13.7. The maximum atomic E-state index is 13.2. The summed E-state index contributed by atoms with van der Waals surface area (Å²) in [5, 5.41) is 3.27. The molecule has 182 valence electrons. The van der Waals surface area contributed by atoms with Gasteiger partial charge in [0, 0.05) is 30.1 Å². The quantitative estimate of drug-likeness (QED) is 0.529. The molecule has 3 heterocycles. The summed E-state index contributed by atoms with van der Waals surface area (Å²) in [5.41, 5.74) is 8.93. The minimum Gasteiger partial charge on any atom is -0.365 e. The molecule has 0 fully saturated rings. The van der Waals surface area contributed by atoms with Gasteiger partial charge in [0.05, 0.1) is 16.1 Å². The van der Waals surface area contributed by atoms with Crippen LogP contribution in [0.1, 0.15) is 43.6 Å². The summed E-state index contributed by atoms with van der Waals surface area (Å²) in [4.78, 5) is 28.6. The predicted octanol–water partition coefficient (Wildman–Crippen LogP) is 3.23. The fourth-order valence-corrected chi connectivity index (χ4v) is 7.51. The molecule has 0 atom stereocenters. The second kappa shape index (κ2) is 9.10. The van der Waals surface area contributed by atoms with Gasteiger partial charge in [0.15, 0.2) is 0 Å². The second-order valence-electron chi connectivity index (χ2n) is 8.63. The van der Waals surface area contributed by atoms with Crippen molar-refractivity contribution in [1.82, 2.24) is 4.90 Å². The summed E-state index contributed by atoms with van der Waals surface area (Å²) < 4.78 is 27.9. The lowest BCUT2D eigenvalue weighted by Crippen LogP contribution is -2.30. The van der Waals surface area contributed by atoms with Crippen LogP contribution in [-0.2, 0) is 29.4 Å². The molecule has 2 amide bonds. The van der Waals surface area contributed by atoms with Crippen LogP contribution < -0.4 is 15.4 Å². The number of hydrogen-bond donors (Lipinski definition) is 2. The van der Waals surface area contributed by atoms with Gasteiger partial charge in [-0.1, -0.05) is 25.1 Å². The SMILES string of the molecule is CCN1CCc2c(sc(NC(=O)c3ccc(S(=O)(=O)N4CCc5ccccc54)cc3)c2C(N)=O)C1. The van der Waals surface area contributed by atoms with Crippen molar-refractivity contribution in [2.75, 3.05) is 29.3 Å². The minimum atomic E-state index is -3.74. The van der Waals surface area contributed by atoms with Gasteiger partial charge in [0.2, 0.25) is 0 Å². The van der Waals surface area contributed by atoms with E-state index >= 15 is 0 Å². The molecule has 8 nitrogen and oxygen atoms in total. The molecule has 0 aliphatic carbocycles. The Kier molecular flexibility index (Phi) is 6.12. The van der Waals surface area contributed by atoms with Crippen molar-refractivity contribution < 1.29 is 18.0 Å². The molecule has 1 aromatic heterocycles. The highest BCUT2D eigenvalue weighted by Gasteiger charge is 2.31. The average molecular weight is 511 g/mol. The van der Waals surface area contributed by atoms with Gasteiger partial charge in [-0.2, -0.15) is 0 Å². The summed E-state index contributed by atoms with van der Waals surface area (Å²) in [6.07, 6.45) is 1.37. The molecule has 2 aromatic carbocycles. The van der Waals surface area contributed by atoms with Crippen LogP contribution in [0.15, 0.2) is 53.4 Å². The van der Waals surface area contributed by atoms with Crippen molar-refractivity contribution in [3.05, 3.63) is 75.7 Å². The summed E-state index contributed by atoms with van der Waals surface area (Å²) in [6, 6.07) is 13.3. The highest BCUT2D eigenvalue weighted by atomic mass is 32.2. The first-order valence-electron chi connectivity index (χ1n) is 11.5. The summed E-state index contributed by atoms with van der Waals surface area (Å²) >= 11 is 1.37. The van der Waals surface area contributed by atoms with Crippen molar-refractivity contribution in [2.24, 2.45) is 5.73 Å². The van der Waals surface area contributed by atoms with Crippen LogP contribution >= 0.6 is 11.3 Å². The first kappa shape index (κ1) is 23.5. The van der Waals surface area contributed by atoms with E-state index in [1.54, 1.807) is 6.07 Å². The number of thiophene rings is 1. The Bertz CT molecular complexity index is 1410. The number of carbonyl (C=O) groups excluding carboxylic acids is 2. The van der Waals surface area contributed by atoms with Crippen molar-refractivity contribution in [3.63, 3.8) is 0 Å². The van der Waals surface area contributed by atoms with Gasteiger partial charge in [-0.25, -0.2) is 8.42 Å². The van der Waals surface area contributed by atoms with Crippen LogP contribution in [0.5, 0.6) is 0 Å². The molecule has 5 rings (SSSR count). The molecule has 0 unspecified atom stereocenters. The molecule has 0 spiro atoms. The van der Waals surface area contributed by atoms with Crippen LogP contribution in [-0.4, -0.2) is 44.8 Å². The Morgan fingerprint density at radius 1 is 1.06 bits per heavy atom. The van der Waals surface area contributed by atoms with Gasteiger partial charge >= 0.3 is 0 Å². The smallest absolute Gasteiger partial charge is 0.264 e. The molecule has 0 saturated heterocycles. The molecule has 0 radical (unpaired) electrons. The van der Waals surface area contributed by atoms with E-state index in [1.165, 1.54) is 39.9 Å². The minimum absolute atomic E-state index is 0.120. The Morgan fingerprint density at radius 3 is 2.51 bits per heavy atom. The van der Waals surface area contributed by atoms with Crippen LogP contribution in [0.2, 0.25) is 0 Å². The number of rotatable bonds is 6. The van der Waals surface area contributed by atoms with Gasteiger partial charge in [-0.3, -0.25) is 18.8 Å². The lowest BCUT2D eigenvalue weighted by Gasteiger charge is -2.25. The number of anilines is 2. The highest BCUT2D eigenvalue weighted by Crippen LogP contribution is 2.37. The van der Waals surface area contributed by atoms with Crippen LogP contribution in [0.4, 0.5) is 10.7 Å². The number of carbonyl (C=O) groups is 2. The largest absolute Gasteiger partial charge is 0.365 e. The third-order valence-corrected chi connectivity index (χ3v) is 9.57. The van der Waals surface area contributed by atoms with E-state index in [9.17, 15) is 18.0 Å². The molecule has 3 N–H and O–H groups in total. The lowest BCUT2D eigenvalue weighted by molar-refractivity contribution is 0.1000. The van der Waals surface area contributed by atoms with Gasteiger partial charge in [0.25, 0.3) is 21.8 Å². The van der Waals surface area contributed by atoms with E-state index in [0.29, 0.717) is 41.2 Å². The van der Waals surface area contributed by atoms with Crippen molar-refractivity contribution in [1.29, 1.82) is 0 Å². The molecule has 10 heteroatoms. The number of likely N-dealkylation sites (N-methyl/N-ethyl adjacent to an activating group) is 1. The van der Waals surface area contributed by atoms with Gasteiger partial charge in [-0.15, -0.1) is 11.3 Å². The van der Waals surface area contributed by atoms with Crippen LogP contribution in [0.3, 0.4) is 0 Å². The van der Waals surface area contributed by atoms with E-state index in [0.717, 1.165) is 35.6 Å². The number of sulfonamides is 1. The Hall–Kier alpha value is -3.21. The third-order valence-electron chi connectivity index (χ3n) is 6.61. The zero-order valence-electron chi connectivity index (χ0n) is 19.3. The number of nitrogens with zero attached hydrogens (tertiary/aromatic N) is 2. The number of nitrogens with two attached hydrogens (primary N) is 1. The fourth-order valence-electron chi connectivity index (χ4n) is 4.71. The molecule has 2 aliphatic rings. The normalized spacial score (nSPS) is 15.5. The molecule has 3 aromatic rings. The number of benzene rings is 2. The zero-order valence-corrected chi connectivity index (χ0v) is 20.9. The third kappa shape index (κ3) is 4.22. The Morgan fingerprint density at radius 2 is 1.80 bits per heavy atom. The molecule has 2 aliphatic heterocycles.